The maximum absolute atomic E-state index is 12.6. The minimum Gasteiger partial charge on any atom is -0.495 e. The number of nitrogens with zero attached hydrogens (tertiary/aromatic N) is 4. The summed E-state index contributed by atoms with van der Waals surface area (Å²) in [6, 6.07) is 15.8. The molecule has 4 aromatic rings. The molecule has 39 heavy (non-hydrogen) atoms. The number of carbonyl (C=O) groups excluding carboxylic acids is 1. The van der Waals surface area contributed by atoms with Crippen LogP contribution in [0.25, 0.3) is 22.3 Å². The molecule has 1 amide bonds. The second-order valence-corrected chi connectivity index (χ2v) is 9.20. The van der Waals surface area contributed by atoms with E-state index >= 15 is 0 Å². The first kappa shape index (κ1) is 27.5. The number of aliphatic carboxylic acids is 1. The fraction of sp³-hybridized carbons (Fsp3) is 0.321. The quantitative estimate of drug-likeness (QED) is 0.279. The molecule has 11 nitrogen and oxygen atoms in total. The average molecular weight is 532 g/mol. The number of nitrogens with two attached hydrogens (primary N) is 1. The number of anilines is 2. The smallest absolute Gasteiger partial charge is 0.300 e. The topological polar surface area (TPSA) is 157 Å². The highest BCUT2D eigenvalue weighted by molar-refractivity contribution is 5.99. The summed E-state index contributed by atoms with van der Waals surface area (Å²) in [6.45, 7) is 2.96. The molecule has 11 heteroatoms. The van der Waals surface area contributed by atoms with Crippen molar-refractivity contribution in [2.24, 2.45) is 0 Å². The van der Waals surface area contributed by atoms with Gasteiger partial charge in [0.15, 0.2) is 5.65 Å². The molecule has 5 N–H and O–H groups in total. The van der Waals surface area contributed by atoms with Crippen LogP contribution in [0.2, 0.25) is 0 Å². The van der Waals surface area contributed by atoms with Crippen LogP contribution < -0.4 is 21.1 Å². The number of hydrogen-bond acceptors (Lipinski definition) is 8. The van der Waals surface area contributed by atoms with Crippen LogP contribution in [0.1, 0.15) is 37.8 Å². The van der Waals surface area contributed by atoms with Crippen molar-refractivity contribution in [1.29, 1.82) is 0 Å². The van der Waals surface area contributed by atoms with Crippen molar-refractivity contribution < 1.29 is 19.4 Å². The third-order valence-corrected chi connectivity index (χ3v) is 6.41. The van der Waals surface area contributed by atoms with E-state index in [2.05, 4.69) is 20.6 Å². The molecule has 0 aliphatic carbocycles. The van der Waals surface area contributed by atoms with E-state index in [0.29, 0.717) is 35.8 Å². The molecule has 1 saturated heterocycles. The molecule has 0 saturated carbocycles. The SMILES string of the molecule is CC(=O)O.COc1cc(-c2nn(C3CCNCC3)c3ncnc(N)c23)ccc1NC(=O)CCc1ccccc1. The Labute approximate surface area is 226 Å². The first-order valence-electron chi connectivity index (χ1n) is 12.8. The van der Waals surface area contributed by atoms with Gasteiger partial charge in [0.2, 0.25) is 5.91 Å². The number of carboxylic acids is 1. The van der Waals surface area contributed by atoms with Crippen molar-refractivity contribution in [3.05, 3.63) is 60.4 Å². The summed E-state index contributed by atoms with van der Waals surface area (Å²) in [6.07, 6.45) is 4.48. The number of nitrogens with one attached hydrogen (secondary N) is 2. The fourth-order valence-corrected chi connectivity index (χ4v) is 4.56. The Hall–Kier alpha value is -4.51. The van der Waals surface area contributed by atoms with Crippen LogP contribution in [0.3, 0.4) is 0 Å². The molecule has 204 valence electrons. The molecule has 3 heterocycles. The van der Waals surface area contributed by atoms with Crippen molar-refractivity contribution >= 4 is 34.4 Å². The maximum Gasteiger partial charge on any atom is 0.300 e. The number of methoxy groups -OCH3 is 1. The Morgan fingerprint density at radius 2 is 1.87 bits per heavy atom. The molecule has 0 atom stereocenters. The Balaban J connectivity index is 0.000000826. The van der Waals surface area contributed by atoms with E-state index in [0.717, 1.165) is 55.0 Å². The lowest BCUT2D eigenvalue weighted by Gasteiger charge is -2.23. The number of ether oxygens (including phenoxy) is 1. The number of amides is 1. The van der Waals surface area contributed by atoms with Gasteiger partial charge >= 0.3 is 0 Å². The number of piperidine rings is 1. The molecular formula is C28H33N7O4. The number of rotatable bonds is 7. The predicted molar refractivity (Wildman–Crippen MR) is 150 cm³/mol. The van der Waals surface area contributed by atoms with E-state index in [1.54, 1.807) is 7.11 Å². The van der Waals surface area contributed by atoms with Gasteiger partial charge in [0.25, 0.3) is 5.97 Å². The predicted octanol–water partition coefficient (Wildman–Crippen LogP) is 3.67. The van der Waals surface area contributed by atoms with Crippen LogP contribution in [-0.4, -0.2) is 56.9 Å². The normalized spacial score (nSPS) is 13.4. The van der Waals surface area contributed by atoms with E-state index in [9.17, 15) is 4.79 Å². The van der Waals surface area contributed by atoms with Gasteiger partial charge in [-0.1, -0.05) is 36.4 Å². The third-order valence-electron chi connectivity index (χ3n) is 6.41. The van der Waals surface area contributed by atoms with Gasteiger partial charge in [-0.3, -0.25) is 9.59 Å². The van der Waals surface area contributed by atoms with Crippen LogP contribution in [0, 0.1) is 0 Å². The zero-order valence-electron chi connectivity index (χ0n) is 22.1. The van der Waals surface area contributed by atoms with Crippen molar-refractivity contribution in [3.63, 3.8) is 0 Å². The minimum absolute atomic E-state index is 0.0711. The molecule has 0 unspecified atom stereocenters. The van der Waals surface area contributed by atoms with E-state index in [-0.39, 0.29) is 11.9 Å². The lowest BCUT2D eigenvalue weighted by molar-refractivity contribution is -0.134. The number of fused-ring (bicyclic) bond motifs is 1. The molecule has 5 rings (SSSR count). The highest BCUT2D eigenvalue weighted by atomic mass is 16.5. The summed E-state index contributed by atoms with van der Waals surface area (Å²) in [7, 11) is 1.59. The molecule has 0 radical (unpaired) electrons. The second kappa shape index (κ2) is 12.8. The number of nitrogen functional groups attached to an aromatic ring is 1. The summed E-state index contributed by atoms with van der Waals surface area (Å²) in [4.78, 5) is 30.3. The second-order valence-electron chi connectivity index (χ2n) is 9.20. The van der Waals surface area contributed by atoms with Gasteiger partial charge < -0.3 is 26.2 Å². The van der Waals surface area contributed by atoms with Crippen molar-refractivity contribution in [3.8, 4) is 17.0 Å². The van der Waals surface area contributed by atoms with Gasteiger partial charge in [-0.05, 0) is 50.0 Å². The molecule has 1 aliphatic heterocycles. The van der Waals surface area contributed by atoms with Gasteiger partial charge in [0, 0.05) is 18.9 Å². The van der Waals surface area contributed by atoms with E-state index in [1.165, 1.54) is 6.33 Å². The molecule has 1 fully saturated rings. The number of aromatic nitrogens is 4. The summed E-state index contributed by atoms with van der Waals surface area (Å²) in [5, 5.41) is 19.4. The lowest BCUT2D eigenvalue weighted by Crippen LogP contribution is -2.30. The Morgan fingerprint density at radius 3 is 2.56 bits per heavy atom. The maximum atomic E-state index is 12.6. The fourth-order valence-electron chi connectivity index (χ4n) is 4.56. The van der Waals surface area contributed by atoms with Crippen molar-refractivity contribution in [1.82, 2.24) is 25.1 Å². The Morgan fingerprint density at radius 1 is 1.15 bits per heavy atom. The van der Waals surface area contributed by atoms with E-state index in [4.69, 9.17) is 25.5 Å². The van der Waals surface area contributed by atoms with E-state index < -0.39 is 5.97 Å². The van der Waals surface area contributed by atoms with Gasteiger partial charge in [-0.25, -0.2) is 14.6 Å². The van der Waals surface area contributed by atoms with Crippen LogP contribution in [0.4, 0.5) is 11.5 Å². The number of aryl methyl sites for hydroxylation is 1. The van der Waals surface area contributed by atoms with Crippen LogP contribution in [0.5, 0.6) is 5.75 Å². The van der Waals surface area contributed by atoms with E-state index in [1.807, 2.05) is 53.2 Å². The van der Waals surface area contributed by atoms with Gasteiger partial charge in [0.05, 0.1) is 24.2 Å². The molecule has 2 aromatic carbocycles. The van der Waals surface area contributed by atoms with Crippen LogP contribution >= 0.6 is 0 Å². The Bertz CT molecular complexity index is 1430. The molecule has 0 spiro atoms. The first-order chi connectivity index (χ1) is 18.9. The lowest BCUT2D eigenvalue weighted by atomic mass is 10.1. The third kappa shape index (κ3) is 6.88. The van der Waals surface area contributed by atoms with Crippen molar-refractivity contribution in [2.45, 2.75) is 38.6 Å². The highest BCUT2D eigenvalue weighted by Gasteiger charge is 2.24. The number of benzene rings is 2. The molecular weight excluding hydrogens is 498 g/mol. The summed E-state index contributed by atoms with van der Waals surface area (Å²) in [5.74, 6) is 0.0381. The summed E-state index contributed by atoms with van der Waals surface area (Å²) >= 11 is 0. The van der Waals surface area contributed by atoms with Crippen molar-refractivity contribution in [2.75, 3.05) is 31.2 Å². The van der Waals surface area contributed by atoms with Crippen LogP contribution in [-0.2, 0) is 16.0 Å². The largest absolute Gasteiger partial charge is 0.495 e. The highest BCUT2D eigenvalue weighted by Crippen LogP contribution is 2.36. The summed E-state index contributed by atoms with van der Waals surface area (Å²) in [5.41, 5.74) is 10.3. The van der Waals surface area contributed by atoms with Gasteiger partial charge in [-0.2, -0.15) is 5.10 Å². The zero-order valence-corrected chi connectivity index (χ0v) is 22.1. The number of hydrogen-bond donors (Lipinski definition) is 4. The molecule has 1 aliphatic rings. The molecule has 2 aromatic heterocycles. The summed E-state index contributed by atoms with van der Waals surface area (Å²) < 4.78 is 7.60. The molecule has 0 bridgehead atoms. The minimum atomic E-state index is -0.833. The van der Waals surface area contributed by atoms with Gasteiger partial charge in [-0.15, -0.1) is 0 Å². The standard InChI is InChI=1S/C26H29N7O2.C2H4O2/c1-35-21-15-18(8-9-20(21)31-22(34)10-7-17-5-3-2-4-6-17)24-23-25(27)29-16-30-26(23)33(32-24)19-11-13-28-14-12-19;1-2(3)4/h2-6,8-9,15-16,19,28H,7,10-14H2,1H3,(H,31,34)(H2,27,29,30);1H3,(H,3,4). The van der Waals surface area contributed by atoms with Crippen LogP contribution in [0.15, 0.2) is 54.9 Å². The zero-order chi connectivity index (χ0) is 27.8. The number of carbonyl (C=O) groups is 2. The van der Waals surface area contributed by atoms with Gasteiger partial charge in [0.1, 0.15) is 23.6 Å². The number of carboxylic acid groups (broad SMARTS) is 1. The first-order valence-corrected chi connectivity index (χ1v) is 12.8. The Kier molecular flexibility index (Phi) is 9.06. The average Bonchev–Trinajstić information content (AvgIpc) is 3.34. The monoisotopic (exact) mass is 531 g/mol.